The Kier molecular flexibility index (Phi) is 7.25. The van der Waals surface area contributed by atoms with Crippen molar-refractivity contribution in [2.24, 2.45) is 0 Å². The fraction of sp³-hybridized carbons (Fsp3) is 0. The zero-order valence-electron chi connectivity index (χ0n) is 30.0. The van der Waals surface area contributed by atoms with Gasteiger partial charge in [0, 0.05) is 10.8 Å². The molecule has 1 aromatic heterocycles. The molecular formula is C54H34O. The molecule has 55 heavy (non-hydrogen) atoms. The first-order valence-electron chi connectivity index (χ1n) is 18.9. The Hall–Kier alpha value is -7.22. The van der Waals surface area contributed by atoms with Gasteiger partial charge in [0.15, 0.2) is 0 Å². The Morgan fingerprint density at radius 3 is 1.35 bits per heavy atom. The van der Waals surface area contributed by atoms with Crippen molar-refractivity contribution in [2.45, 2.75) is 0 Å². The number of fused-ring (bicyclic) bond motifs is 7. The van der Waals surface area contributed by atoms with E-state index in [9.17, 15) is 0 Å². The highest BCUT2D eigenvalue weighted by Crippen LogP contribution is 2.46. The topological polar surface area (TPSA) is 13.1 Å². The molecule has 0 aliphatic heterocycles. The van der Waals surface area contributed by atoms with Crippen molar-refractivity contribution < 1.29 is 4.42 Å². The summed E-state index contributed by atoms with van der Waals surface area (Å²) >= 11 is 0. The van der Waals surface area contributed by atoms with Crippen LogP contribution in [0.2, 0.25) is 0 Å². The molecule has 1 nitrogen and oxygen atoms in total. The van der Waals surface area contributed by atoms with Crippen molar-refractivity contribution in [1.82, 2.24) is 0 Å². The summed E-state index contributed by atoms with van der Waals surface area (Å²) in [5, 5.41) is 9.66. The maximum atomic E-state index is 6.40. The lowest BCUT2D eigenvalue weighted by atomic mass is 9.84. The van der Waals surface area contributed by atoms with Crippen molar-refractivity contribution in [2.75, 3.05) is 0 Å². The summed E-state index contributed by atoms with van der Waals surface area (Å²) in [6.07, 6.45) is 0. The van der Waals surface area contributed by atoms with Gasteiger partial charge < -0.3 is 4.42 Å². The van der Waals surface area contributed by atoms with E-state index in [-0.39, 0.29) is 0 Å². The summed E-state index contributed by atoms with van der Waals surface area (Å²) in [5.41, 5.74) is 13.9. The Morgan fingerprint density at radius 1 is 0.236 bits per heavy atom. The second-order valence-electron chi connectivity index (χ2n) is 14.4. The van der Waals surface area contributed by atoms with Crippen LogP contribution in [0.5, 0.6) is 0 Å². The van der Waals surface area contributed by atoms with E-state index in [1.54, 1.807) is 0 Å². The monoisotopic (exact) mass is 698 g/mol. The number of hydrogen-bond donors (Lipinski definition) is 0. The summed E-state index contributed by atoms with van der Waals surface area (Å²) in [4.78, 5) is 0. The van der Waals surface area contributed by atoms with Crippen LogP contribution >= 0.6 is 0 Å². The van der Waals surface area contributed by atoms with Crippen molar-refractivity contribution in [3.05, 3.63) is 206 Å². The molecule has 256 valence electrons. The van der Waals surface area contributed by atoms with Crippen LogP contribution in [-0.2, 0) is 0 Å². The highest BCUT2D eigenvalue weighted by atomic mass is 16.3. The van der Waals surface area contributed by atoms with Gasteiger partial charge in [-0.3, -0.25) is 0 Å². The first-order valence-corrected chi connectivity index (χ1v) is 18.9. The quantitative estimate of drug-likeness (QED) is 0.163. The molecule has 11 rings (SSSR count). The van der Waals surface area contributed by atoms with Crippen LogP contribution in [0.4, 0.5) is 0 Å². The molecule has 0 atom stereocenters. The van der Waals surface area contributed by atoms with E-state index in [0.29, 0.717) is 0 Å². The molecule has 0 bridgehead atoms. The third kappa shape index (κ3) is 5.24. The smallest absolute Gasteiger partial charge is 0.136 e. The third-order valence-corrected chi connectivity index (χ3v) is 11.2. The van der Waals surface area contributed by atoms with Crippen molar-refractivity contribution in [3.8, 4) is 55.6 Å². The van der Waals surface area contributed by atoms with E-state index >= 15 is 0 Å². The standard InChI is InChI=1S/C54H34O/c1-3-13-35(14-4-1)38-18-11-20-42(31-38)52-45-23-9-10-24-46(45)53(43-21-12-19-39(32-43)36-15-5-2-6-16-36)48-33-40(25-28-47(48)52)41-27-29-50-49(34-41)54-44-22-8-7-17-37(44)26-30-51(54)55-50/h1-34H. The maximum Gasteiger partial charge on any atom is 0.136 e. The molecule has 0 fully saturated rings. The fourth-order valence-electron chi connectivity index (χ4n) is 8.68. The van der Waals surface area contributed by atoms with Crippen LogP contribution in [0.15, 0.2) is 211 Å². The Morgan fingerprint density at radius 2 is 0.691 bits per heavy atom. The van der Waals surface area contributed by atoms with Gasteiger partial charge in [0.25, 0.3) is 0 Å². The summed E-state index contributed by atoms with van der Waals surface area (Å²) in [6.45, 7) is 0. The first kappa shape index (κ1) is 31.3. The minimum atomic E-state index is 0.904. The summed E-state index contributed by atoms with van der Waals surface area (Å²) in [7, 11) is 0. The highest BCUT2D eigenvalue weighted by molar-refractivity contribution is 6.23. The molecule has 0 unspecified atom stereocenters. The molecule has 0 spiro atoms. The van der Waals surface area contributed by atoms with E-state index in [4.69, 9.17) is 4.42 Å². The zero-order chi connectivity index (χ0) is 36.3. The largest absolute Gasteiger partial charge is 0.456 e. The molecule has 10 aromatic carbocycles. The third-order valence-electron chi connectivity index (χ3n) is 11.2. The summed E-state index contributed by atoms with van der Waals surface area (Å²) in [5.74, 6) is 0. The van der Waals surface area contributed by atoms with Crippen LogP contribution in [0.3, 0.4) is 0 Å². The highest BCUT2D eigenvalue weighted by Gasteiger charge is 2.19. The predicted octanol–water partition coefficient (Wildman–Crippen LogP) is 15.4. The molecule has 0 aliphatic rings. The lowest BCUT2D eigenvalue weighted by molar-refractivity contribution is 0.669. The average Bonchev–Trinajstić information content (AvgIpc) is 3.65. The Bertz CT molecular complexity index is 3240. The molecule has 0 amide bonds. The number of benzene rings is 10. The molecule has 1 heteroatoms. The van der Waals surface area contributed by atoms with Gasteiger partial charge in [-0.1, -0.05) is 170 Å². The Balaban J connectivity index is 1.20. The van der Waals surface area contributed by atoms with E-state index < -0.39 is 0 Å². The molecule has 0 saturated heterocycles. The zero-order valence-corrected chi connectivity index (χ0v) is 30.0. The van der Waals surface area contributed by atoms with Gasteiger partial charge >= 0.3 is 0 Å². The summed E-state index contributed by atoms with van der Waals surface area (Å²) < 4.78 is 6.40. The molecule has 0 N–H and O–H groups in total. The van der Waals surface area contributed by atoms with Gasteiger partial charge in [0.2, 0.25) is 0 Å². The fourth-order valence-corrected chi connectivity index (χ4v) is 8.68. The first-order chi connectivity index (χ1) is 27.3. The summed E-state index contributed by atoms with van der Waals surface area (Å²) in [6, 6.07) is 74.9. The van der Waals surface area contributed by atoms with Crippen molar-refractivity contribution >= 4 is 54.3 Å². The van der Waals surface area contributed by atoms with Gasteiger partial charge in [-0.05, 0) is 124 Å². The van der Waals surface area contributed by atoms with E-state index in [2.05, 4.69) is 206 Å². The van der Waals surface area contributed by atoms with Crippen LogP contribution in [0, 0.1) is 0 Å². The minimum Gasteiger partial charge on any atom is -0.456 e. The van der Waals surface area contributed by atoms with Crippen molar-refractivity contribution in [1.29, 1.82) is 0 Å². The van der Waals surface area contributed by atoms with Gasteiger partial charge in [0.1, 0.15) is 11.2 Å². The molecule has 11 aromatic rings. The van der Waals surface area contributed by atoms with Crippen molar-refractivity contribution in [3.63, 3.8) is 0 Å². The lowest BCUT2D eigenvalue weighted by Gasteiger charge is -2.19. The van der Waals surface area contributed by atoms with Gasteiger partial charge in [-0.25, -0.2) is 0 Å². The van der Waals surface area contributed by atoms with E-state index in [0.717, 1.165) is 22.1 Å². The van der Waals surface area contributed by atoms with Gasteiger partial charge in [-0.2, -0.15) is 0 Å². The molecule has 0 aliphatic carbocycles. The SMILES string of the molecule is c1ccc(-c2cccc(-c3c4ccccc4c(-c4cccc(-c5ccccc5)c4)c4cc(-c5ccc6oc7ccc8ccccc8c7c6c5)ccc34)c2)cc1. The van der Waals surface area contributed by atoms with Crippen LogP contribution in [0.1, 0.15) is 0 Å². The second-order valence-corrected chi connectivity index (χ2v) is 14.4. The van der Waals surface area contributed by atoms with Crippen LogP contribution in [-0.4, -0.2) is 0 Å². The predicted molar refractivity (Wildman–Crippen MR) is 233 cm³/mol. The second kappa shape index (κ2) is 12.7. The van der Waals surface area contributed by atoms with Gasteiger partial charge in [-0.15, -0.1) is 0 Å². The van der Waals surface area contributed by atoms with E-state index in [1.807, 2.05) is 0 Å². The number of hydrogen-bond acceptors (Lipinski definition) is 1. The normalized spacial score (nSPS) is 11.6. The maximum absolute atomic E-state index is 6.40. The lowest BCUT2D eigenvalue weighted by Crippen LogP contribution is -1.92. The molecule has 1 heterocycles. The molecule has 0 radical (unpaired) electrons. The minimum absolute atomic E-state index is 0.904. The average molecular weight is 699 g/mol. The van der Waals surface area contributed by atoms with E-state index in [1.165, 1.54) is 87.8 Å². The number of rotatable bonds is 5. The molecular weight excluding hydrogens is 665 g/mol. The number of furan rings is 1. The molecule has 0 saturated carbocycles. The Labute approximate surface area is 319 Å². The van der Waals surface area contributed by atoms with Crippen LogP contribution in [0.25, 0.3) is 110 Å². The van der Waals surface area contributed by atoms with Crippen LogP contribution < -0.4 is 0 Å². The van der Waals surface area contributed by atoms with Gasteiger partial charge in [0.05, 0.1) is 0 Å².